The third kappa shape index (κ3) is 2.28. The van der Waals surface area contributed by atoms with E-state index in [-0.39, 0.29) is 16.8 Å². The number of aromatic carboxylic acids is 1. The van der Waals surface area contributed by atoms with E-state index < -0.39 is 11.5 Å². The molecular formula is C15H11N3O4. The number of methoxy groups -OCH3 is 1. The van der Waals surface area contributed by atoms with Gasteiger partial charge in [0.1, 0.15) is 11.4 Å². The highest BCUT2D eigenvalue weighted by molar-refractivity contribution is 5.93. The minimum atomic E-state index is -1.10. The summed E-state index contributed by atoms with van der Waals surface area (Å²) in [4.78, 5) is 34.3. The number of aromatic amines is 1. The largest absolute Gasteiger partial charge is 0.494 e. The van der Waals surface area contributed by atoms with Crippen LogP contribution >= 0.6 is 0 Å². The fourth-order valence-electron chi connectivity index (χ4n) is 2.12. The Balaban J connectivity index is 2.24. The SMILES string of the molecule is COc1cccnc1-c1nc2ccc(C(=O)O)cc2c(=O)[nH]1. The van der Waals surface area contributed by atoms with Crippen LogP contribution in [-0.4, -0.2) is 33.1 Å². The number of carboxylic acid groups (broad SMARTS) is 1. The average Bonchev–Trinajstić information content (AvgIpc) is 2.54. The average molecular weight is 297 g/mol. The summed E-state index contributed by atoms with van der Waals surface area (Å²) in [5.41, 5.74) is 0.390. The first-order chi connectivity index (χ1) is 10.6. The predicted octanol–water partition coefficient (Wildman–Crippen LogP) is 1.69. The van der Waals surface area contributed by atoms with Crippen molar-refractivity contribution in [2.45, 2.75) is 0 Å². The van der Waals surface area contributed by atoms with Crippen molar-refractivity contribution in [3.05, 3.63) is 52.4 Å². The first kappa shape index (κ1) is 13.7. The number of carbonyl (C=O) groups is 1. The molecule has 1 aromatic carbocycles. The highest BCUT2D eigenvalue weighted by atomic mass is 16.5. The van der Waals surface area contributed by atoms with E-state index in [1.165, 1.54) is 25.3 Å². The number of nitrogens with zero attached hydrogens (tertiary/aromatic N) is 2. The summed E-state index contributed by atoms with van der Waals surface area (Å²) in [5.74, 6) is -0.359. The zero-order chi connectivity index (χ0) is 15.7. The number of rotatable bonds is 3. The second-order valence-corrected chi connectivity index (χ2v) is 4.51. The molecule has 7 nitrogen and oxygen atoms in total. The fourth-order valence-corrected chi connectivity index (χ4v) is 2.12. The first-order valence-corrected chi connectivity index (χ1v) is 6.37. The van der Waals surface area contributed by atoms with Gasteiger partial charge in [0.05, 0.1) is 23.6 Å². The first-order valence-electron chi connectivity index (χ1n) is 6.37. The Morgan fingerprint density at radius 3 is 2.86 bits per heavy atom. The van der Waals surface area contributed by atoms with Crippen LogP contribution in [-0.2, 0) is 0 Å². The van der Waals surface area contributed by atoms with Crippen molar-refractivity contribution in [2.75, 3.05) is 7.11 Å². The Bertz CT molecular complexity index is 933. The fraction of sp³-hybridized carbons (Fsp3) is 0.0667. The van der Waals surface area contributed by atoms with Crippen molar-refractivity contribution in [3.63, 3.8) is 0 Å². The summed E-state index contributed by atoms with van der Waals surface area (Å²) in [6, 6.07) is 7.60. The number of hydrogen-bond donors (Lipinski definition) is 2. The summed E-state index contributed by atoms with van der Waals surface area (Å²) < 4.78 is 5.20. The number of fused-ring (bicyclic) bond motifs is 1. The third-order valence-electron chi connectivity index (χ3n) is 3.17. The van der Waals surface area contributed by atoms with Gasteiger partial charge in [-0.2, -0.15) is 0 Å². The Kier molecular flexibility index (Phi) is 3.30. The summed E-state index contributed by atoms with van der Waals surface area (Å²) in [6.07, 6.45) is 1.57. The van der Waals surface area contributed by atoms with Crippen LogP contribution in [0.2, 0.25) is 0 Å². The van der Waals surface area contributed by atoms with Crippen molar-refractivity contribution >= 4 is 16.9 Å². The maximum atomic E-state index is 12.2. The Labute approximate surface area is 124 Å². The van der Waals surface area contributed by atoms with Gasteiger partial charge in [0.15, 0.2) is 5.82 Å². The minimum absolute atomic E-state index is 0.0305. The van der Waals surface area contributed by atoms with Gasteiger partial charge in [-0.05, 0) is 30.3 Å². The number of H-pyrrole nitrogens is 1. The lowest BCUT2D eigenvalue weighted by atomic mass is 10.1. The molecule has 0 spiro atoms. The molecule has 3 rings (SSSR count). The van der Waals surface area contributed by atoms with Gasteiger partial charge in [-0.1, -0.05) is 0 Å². The lowest BCUT2D eigenvalue weighted by Crippen LogP contribution is -2.11. The number of benzene rings is 1. The molecule has 0 fully saturated rings. The quantitative estimate of drug-likeness (QED) is 0.762. The van der Waals surface area contributed by atoms with Gasteiger partial charge in [0.25, 0.3) is 5.56 Å². The van der Waals surface area contributed by atoms with Crippen LogP contribution in [0.1, 0.15) is 10.4 Å². The molecule has 3 aromatic rings. The van der Waals surface area contributed by atoms with E-state index in [2.05, 4.69) is 15.0 Å². The Morgan fingerprint density at radius 2 is 2.14 bits per heavy atom. The number of ether oxygens (including phenoxy) is 1. The zero-order valence-electron chi connectivity index (χ0n) is 11.5. The van der Waals surface area contributed by atoms with Crippen LogP contribution in [0.15, 0.2) is 41.3 Å². The van der Waals surface area contributed by atoms with Gasteiger partial charge in [-0.15, -0.1) is 0 Å². The molecule has 0 aliphatic rings. The lowest BCUT2D eigenvalue weighted by molar-refractivity contribution is 0.0697. The van der Waals surface area contributed by atoms with Gasteiger partial charge in [-0.25, -0.2) is 14.8 Å². The van der Waals surface area contributed by atoms with Gasteiger partial charge in [0, 0.05) is 6.20 Å². The normalized spacial score (nSPS) is 10.6. The zero-order valence-corrected chi connectivity index (χ0v) is 11.5. The number of nitrogens with one attached hydrogen (secondary N) is 1. The second kappa shape index (κ2) is 5.28. The molecule has 0 saturated carbocycles. The summed E-state index contributed by atoms with van der Waals surface area (Å²) in [7, 11) is 1.50. The summed E-state index contributed by atoms with van der Waals surface area (Å²) in [6.45, 7) is 0. The second-order valence-electron chi connectivity index (χ2n) is 4.51. The Hall–Kier alpha value is -3.22. The molecule has 22 heavy (non-hydrogen) atoms. The number of carboxylic acids is 1. The lowest BCUT2D eigenvalue weighted by Gasteiger charge is -2.07. The van der Waals surface area contributed by atoms with Crippen LogP contribution in [0.4, 0.5) is 0 Å². The van der Waals surface area contributed by atoms with Crippen molar-refractivity contribution in [1.82, 2.24) is 15.0 Å². The van der Waals surface area contributed by atoms with E-state index in [0.29, 0.717) is 17.0 Å². The molecule has 0 bridgehead atoms. The topological polar surface area (TPSA) is 105 Å². The predicted molar refractivity (Wildman–Crippen MR) is 79.1 cm³/mol. The van der Waals surface area contributed by atoms with Gasteiger partial charge >= 0.3 is 5.97 Å². The smallest absolute Gasteiger partial charge is 0.335 e. The molecule has 0 aliphatic heterocycles. The maximum Gasteiger partial charge on any atom is 0.335 e. The van der Waals surface area contributed by atoms with Crippen molar-refractivity contribution in [3.8, 4) is 17.3 Å². The molecule has 110 valence electrons. The van der Waals surface area contributed by atoms with E-state index in [4.69, 9.17) is 9.84 Å². The molecule has 2 N–H and O–H groups in total. The molecule has 0 radical (unpaired) electrons. The molecule has 0 unspecified atom stereocenters. The highest BCUT2D eigenvalue weighted by Crippen LogP contribution is 2.24. The van der Waals surface area contributed by atoms with E-state index in [0.717, 1.165) is 0 Å². The van der Waals surface area contributed by atoms with Crippen LogP contribution < -0.4 is 10.3 Å². The van der Waals surface area contributed by atoms with E-state index >= 15 is 0 Å². The van der Waals surface area contributed by atoms with Crippen LogP contribution in [0.3, 0.4) is 0 Å². The number of pyridine rings is 1. The van der Waals surface area contributed by atoms with Crippen molar-refractivity contribution < 1.29 is 14.6 Å². The monoisotopic (exact) mass is 297 g/mol. The van der Waals surface area contributed by atoms with Crippen molar-refractivity contribution in [1.29, 1.82) is 0 Å². The third-order valence-corrected chi connectivity index (χ3v) is 3.17. The molecule has 0 amide bonds. The molecule has 2 aromatic heterocycles. The van der Waals surface area contributed by atoms with E-state index in [1.54, 1.807) is 18.3 Å². The molecule has 0 saturated heterocycles. The van der Waals surface area contributed by atoms with Crippen molar-refractivity contribution in [2.24, 2.45) is 0 Å². The molecule has 7 heteroatoms. The van der Waals surface area contributed by atoms with Crippen LogP contribution in [0, 0.1) is 0 Å². The minimum Gasteiger partial charge on any atom is -0.494 e. The van der Waals surface area contributed by atoms with Crippen LogP contribution in [0.5, 0.6) is 5.75 Å². The highest BCUT2D eigenvalue weighted by Gasteiger charge is 2.13. The van der Waals surface area contributed by atoms with Gasteiger partial charge < -0.3 is 14.8 Å². The molecule has 0 atom stereocenters. The number of aromatic nitrogens is 3. The molecule has 0 aliphatic carbocycles. The standard InChI is InChI=1S/C15H11N3O4/c1-22-11-3-2-6-16-12(11)13-17-10-5-4-8(15(20)21)7-9(10)14(19)18-13/h2-7H,1H3,(H,20,21)(H,17,18,19). The van der Waals surface area contributed by atoms with Gasteiger partial charge in [-0.3, -0.25) is 4.79 Å². The Morgan fingerprint density at radius 1 is 1.32 bits per heavy atom. The summed E-state index contributed by atoms with van der Waals surface area (Å²) in [5, 5.41) is 9.18. The van der Waals surface area contributed by atoms with Gasteiger partial charge in [0.2, 0.25) is 0 Å². The number of hydrogen-bond acceptors (Lipinski definition) is 5. The van der Waals surface area contributed by atoms with E-state index in [9.17, 15) is 9.59 Å². The maximum absolute atomic E-state index is 12.2. The van der Waals surface area contributed by atoms with Crippen LogP contribution in [0.25, 0.3) is 22.4 Å². The molecular weight excluding hydrogens is 286 g/mol. The molecule has 2 heterocycles. The summed E-state index contributed by atoms with van der Waals surface area (Å²) >= 11 is 0. The van der Waals surface area contributed by atoms with E-state index in [1.807, 2.05) is 0 Å².